The number of nitriles is 1. The molecule has 1 amide bonds. The maximum Gasteiger partial charge on any atom is 0.306 e. The van der Waals surface area contributed by atoms with Crippen LogP contribution in [-0.4, -0.2) is 53.6 Å². The van der Waals surface area contributed by atoms with Gasteiger partial charge in [0.05, 0.1) is 11.8 Å². The van der Waals surface area contributed by atoms with Crippen LogP contribution in [0.25, 0.3) is 5.52 Å². The monoisotopic (exact) mass is 540 g/mol. The fourth-order valence-corrected chi connectivity index (χ4v) is 5.98. The van der Waals surface area contributed by atoms with Gasteiger partial charge in [0.25, 0.3) is 0 Å². The van der Waals surface area contributed by atoms with Gasteiger partial charge in [-0.1, -0.05) is 20.3 Å². The van der Waals surface area contributed by atoms with Crippen molar-refractivity contribution in [1.82, 2.24) is 14.6 Å². The zero-order valence-corrected chi connectivity index (χ0v) is 23.9. The number of carbonyl (C=O) groups excluding carboxylic acids is 2. The number of fused-ring (bicyclic) bond motifs is 1. The van der Waals surface area contributed by atoms with Crippen molar-refractivity contribution in [3.63, 3.8) is 0 Å². The Morgan fingerprint density at radius 1 is 1.29 bits per heavy atom. The quantitative estimate of drug-likeness (QED) is 0.329. The summed E-state index contributed by atoms with van der Waals surface area (Å²) in [4.78, 5) is 29.4. The van der Waals surface area contributed by atoms with E-state index >= 15 is 0 Å². The Balaban J connectivity index is 1.61. The summed E-state index contributed by atoms with van der Waals surface area (Å²) in [5.41, 5.74) is -0.525. The first-order chi connectivity index (χ1) is 18.1. The zero-order chi connectivity index (χ0) is 27.5. The third-order valence-electron chi connectivity index (χ3n) is 7.29. The van der Waals surface area contributed by atoms with Crippen LogP contribution in [0.1, 0.15) is 58.1 Å². The summed E-state index contributed by atoms with van der Waals surface area (Å²) < 4.78 is 19.9. The lowest BCUT2D eigenvalue weighted by Crippen LogP contribution is -2.44. The number of nitrogens with one attached hydrogen (secondary N) is 1. The molecule has 0 aromatic carbocycles. The summed E-state index contributed by atoms with van der Waals surface area (Å²) >= 11 is 0. The van der Waals surface area contributed by atoms with Crippen LogP contribution in [0.5, 0.6) is 0 Å². The van der Waals surface area contributed by atoms with E-state index in [1.807, 2.05) is 39.9 Å². The lowest BCUT2D eigenvalue weighted by molar-refractivity contribution is -0.150. The molecular weight excluding hydrogens is 502 g/mol. The third kappa shape index (κ3) is 5.92. The second kappa shape index (κ2) is 11.5. The molecule has 2 fully saturated rings. The van der Waals surface area contributed by atoms with Gasteiger partial charge in [0.1, 0.15) is 30.6 Å². The molecule has 4 rings (SSSR count). The second-order valence-electron chi connectivity index (χ2n) is 11.2. The van der Waals surface area contributed by atoms with E-state index in [1.165, 1.54) is 6.33 Å². The third-order valence-corrected chi connectivity index (χ3v) is 8.25. The van der Waals surface area contributed by atoms with Crippen molar-refractivity contribution >= 4 is 31.5 Å². The number of anilines is 1. The molecule has 1 aliphatic heterocycles. The largest absolute Gasteiger partial charge is 0.463 e. The molecule has 205 valence electrons. The molecule has 2 aliphatic rings. The van der Waals surface area contributed by atoms with Gasteiger partial charge in [-0.25, -0.2) is 9.50 Å². The number of rotatable bonds is 11. The van der Waals surface area contributed by atoms with Crippen LogP contribution in [0.2, 0.25) is 19.6 Å². The highest BCUT2D eigenvalue weighted by molar-refractivity contribution is 6.69. The first-order valence-corrected chi connectivity index (χ1v) is 16.9. The maximum atomic E-state index is 12.7. The van der Waals surface area contributed by atoms with Gasteiger partial charge >= 0.3 is 5.97 Å². The Bertz CT molecular complexity index is 1200. The zero-order valence-electron chi connectivity index (χ0n) is 22.9. The van der Waals surface area contributed by atoms with E-state index in [9.17, 15) is 14.9 Å². The van der Waals surface area contributed by atoms with Crippen LogP contribution in [0.15, 0.2) is 18.5 Å². The Hall–Kier alpha value is -2.81. The topological polar surface area (TPSA) is 128 Å². The van der Waals surface area contributed by atoms with E-state index in [-0.39, 0.29) is 24.4 Å². The first-order valence-electron chi connectivity index (χ1n) is 13.5. The number of hydrogen-bond donors (Lipinski definition) is 1. The number of esters is 1. The highest BCUT2D eigenvalue weighted by Crippen LogP contribution is 2.43. The molecule has 1 saturated carbocycles. The van der Waals surface area contributed by atoms with Crippen LogP contribution in [-0.2, 0) is 29.1 Å². The molecule has 2 aromatic rings. The maximum absolute atomic E-state index is 12.7. The number of hydrogen-bond acceptors (Lipinski definition) is 8. The van der Waals surface area contributed by atoms with Gasteiger partial charge in [-0.3, -0.25) is 9.59 Å². The average molecular weight is 541 g/mol. The summed E-state index contributed by atoms with van der Waals surface area (Å²) in [5.74, 6) is 0.288. The van der Waals surface area contributed by atoms with E-state index in [2.05, 4.69) is 21.5 Å². The average Bonchev–Trinajstić information content (AvgIpc) is 3.42. The Kier molecular flexibility index (Phi) is 8.54. The molecule has 38 heavy (non-hydrogen) atoms. The number of nitrogens with zero attached hydrogens (tertiary/aromatic N) is 4. The normalized spacial score (nSPS) is 23.8. The van der Waals surface area contributed by atoms with Gasteiger partial charge in [0.15, 0.2) is 14.1 Å². The van der Waals surface area contributed by atoms with Crippen molar-refractivity contribution < 1.29 is 23.5 Å². The number of aromatic nitrogens is 3. The Morgan fingerprint density at radius 2 is 2.03 bits per heavy atom. The molecule has 10 nitrogen and oxygen atoms in total. The van der Waals surface area contributed by atoms with E-state index in [1.54, 1.807) is 16.6 Å². The van der Waals surface area contributed by atoms with Gasteiger partial charge in [0, 0.05) is 18.8 Å². The predicted octanol–water partition coefficient (Wildman–Crippen LogP) is 4.38. The van der Waals surface area contributed by atoms with Crippen LogP contribution in [0, 0.1) is 29.6 Å². The van der Waals surface area contributed by atoms with E-state index in [0.717, 1.165) is 32.1 Å². The van der Waals surface area contributed by atoms with E-state index in [0.29, 0.717) is 29.4 Å². The first kappa shape index (κ1) is 28.2. The summed E-state index contributed by atoms with van der Waals surface area (Å²) in [5, 5.41) is 17.8. The molecule has 3 heterocycles. The smallest absolute Gasteiger partial charge is 0.306 e. The van der Waals surface area contributed by atoms with Crippen molar-refractivity contribution in [2.75, 3.05) is 11.9 Å². The highest BCUT2D eigenvalue weighted by atomic mass is 28.4. The molecule has 0 spiro atoms. The van der Waals surface area contributed by atoms with Crippen LogP contribution in [0.3, 0.4) is 0 Å². The fraction of sp³-hybridized carbons (Fsp3) is 0.630. The van der Waals surface area contributed by atoms with E-state index in [4.69, 9.17) is 13.9 Å². The molecule has 3 atom stereocenters. The Labute approximate surface area is 225 Å². The fourth-order valence-electron chi connectivity index (χ4n) is 4.98. The molecule has 0 unspecified atom stereocenters. The Morgan fingerprint density at radius 3 is 2.63 bits per heavy atom. The number of amides is 1. The molecule has 2 aromatic heterocycles. The lowest BCUT2D eigenvalue weighted by atomic mass is 9.83. The number of ether oxygens (including phenoxy) is 2. The molecule has 1 saturated heterocycles. The van der Waals surface area contributed by atoms with Gasteiger partial charge in [-0.15, -0.1) is 0 Å². The molecule has 0 bridgehead atoms. The van der Waals surface area contributed by atoms with Gasteiger partial charge in [0.2, 0.25) is 11.5 Å². The SMILES string of the molecule is CCC(CC)C(=O)Nc1ncnn2c([C@]3(C#N)O[C@@H](COC(=O)CC4CCC4)[CH][C@H]3O[Si](C)(C)C)ccc12. The second-order valence-corrected chi connectivity index (χ2v) is 15.6. The standard InChI is InChI=1S/C27H38N5O5Si/c1-6-19(7-2)26(34)31-25-21-11-12-22(32(21)30-17-29-25)27(16-28)23(37-38(3,4)5)14-20(36-27)15-35-24(33)13-18-9-8-10-18/h11-12,14,17-20,23H,6-10,13,15H2,1-5H3,(H,29,30,31,34)/t20-,23-,27+/m1/s1. The lowest BCUT2D eigenvalue weighted by Gasteiger charge is -2.31. The summed E-state index contributed by atoms with van der Waals surface area (Å²) in [6.07, 6.45) is 6.98. The van der Waals surface area contributed by atoms with Gasteiger partial charge in [-0.2, -0.15) is 10.4 Å². The minimum atomic E-state index is -2.12. The van der Waals surface area contributed by atoms with Crippen molar-refractivity contribution in [2.45, 2.75) is 89.8 Å². The van der Waals surface area contributed by atoms with Gasteiger partial charge < -0.3 is 19.2 Å². The van der Waals surface area contributed by atoms with E-state index < -0.39 is 26.1 Å². The van der Waals surface area contributed by atoms with Crippen molar-refractivity contribution in [2.24, 2.45) is 11.8 Å². The summed E-state index contributed by atoms with van der Waals surface area (Å²) in [6, 6.07) is 5.86. The minimum Gasteiger partial charge on any atom is -0.463 e. The van der Waals surface area contributed by atoms with Crippen LogP contribution in [0.4, 0.5) is 5.82 Å². The highest BCUT2D eigenvalue weighted by Gasteiger charge is 2.55. The summed E-state index contributed by atoms with van der Waals surface area (Å²) in [6.45, 7) is 10.1. The molecule has 11 heteroatoms. The van der Waals surface area contributed by atoms with Crippen molar-refractivity contribution in [3.8, 4) is 6.07 Å². The molecule has 1 N–H and O–H groups in total. The summed E-state index contributed by atoms with van der Waals surface area (Å²) in [7, 11) is -2.12. The minimum absolute atomic E-state index is 0.00949. The van der Waals surface area contributed by atoms with Crippen molar-refractivity contribution in [3.05, 3.63) is 30.6 Å². The molecular formula is C27H38N5O5Si. The van der Waals surface area contributed by atoms with Crippen molar-refractivity contribution in [1.29, 1.82) is 5.26 Å². The molecule has 1 aliphatic carbocycles. The number of carbonyl (C=O) groups is 2. The van der Waals surface area contributed by atoms with Crippen LogP contribution < -0.4 is 5.32 Å². The molecule has 1 radical (unpaired) electrons. The van der Waals surface area contributed by atoms with Gasteiger partial charge in [-0.05, 0) is 63.4 Å². The predicted molar refractivity (Wildman–Crippen MR) is 143 cm³/mol. The van der Waals surface area contributed by atoms with Crippen LogP contribution >= 0.6 is 0 Å².